The number of hydrogen-bond donors (Lipinski definition) is 1. The van der Waals surface area contributed by atoms with Crippen molar-refractivity contribution in [1.82, 2.24) is 5.32 Å². The summed E-state index contributed by atoms with van der Waals surface area (Å²) in [6.45, 7) is 0.867. The summed E-state index contributed by atoms with van der Waals surface area (Å²) in [4.78, 5) is 12.2. The molecule has 2 aromatic carbocycles. The molecular weight excluding hydrogens is 294 g/mol. The fraction of sp³-hybridized carbons (Fsp3) is 0.278. The Morgan fingerprint density at radius 1 is 1.04 bits per heavy atom. The minimum atomic E-state index is -0.241. The van der Waals surface area contributed by atoms with Crippen LogP contribution in [0.4, 0.5) is 0 Å². The van der Waals surface area contributed by atoms with E-state index in [0.29, 0.717) is 13.2 Å². The lowest BCUT2D eigenvalue weighted by Crippen LogP contribution is -2.34. The molecule has 5 nitrogen and oxygen atoms in total. The third-order valence-corrected chi connectivity index (χ3v) is 3.65. The maximum absolute atomic E-state index is 12.2. The molecule has 0 aliphatic carbocycles. The zero-order chi connectivity index (χ0) is 16.1. The lowest BCUT2D eigenvalue weighted by atomic mass is 9.94. The van der Waals surface area contributed by atoms with Gasteiger partial charge in [0.05, 0.1) is 19.3 Å². The van der Waals surface area contributed by atoms with Crippen molar-refractivity contribution in [3.05, 3.63) is 59.7 Å². The van der Waals surface area contributed by atoms with E-state index in [4.69, 9.17) is 14.2 Å². The molecule has 120 valence electrons. The topological polar surface area (TPSA) is 56.8 Å². The molecule has 0 atom stereocenters. The zero-order valence-electron chi connectivity index (χ0n) is 13.0. The third-order valence-electron chi connectivity index (χ3n) is 3.65. The summed E-state index contributed by atoms with van der Waals surface area (Å²) >= 11 is 0. The van der Waals surface area contributed by atoms with Crippen molar-refractivity contribution in [2.75, 3.05) is 26.9 Å². The maximum atomic E-state index is 12.2. The molecule has 3 rings (SSSR count). The number of nitrogens with one attached hydrogen (secondary N) is 1. The number of benzene rings is 2. The summed E-state index contributed by atoms with van der Waals surface area (Å²) in [6.07, 6.45) is 0. The Hall–Kier alpha value is -2.37. The van der Waals surface area contributed by atoms with Crippen molar-refractivity contribution in [1.29, 1.82) is 0 Å². The lowest BCUT2D eigenvalue weighted by Gasteiger charge is -2.28. The number of carbonyl (C=O) groups excluding carboxylic acids is 1. The molecular formula is C18H19NO4. The van der Waals surface area contributed by atoms with E-state index in [1.807, 2.05) is 48.5 Å². The van der Waals surface area contributed by atoms with Gasteiger partial charge in [0.1, 0.15) is 18.1 Å². The highest BCUT2D eigenvalue weighted by Gasteiger charge is 2.27. The maximum Gasteiger partial charge on any atom is 0.246 e. The second kappa shape index (κ2) is 7.26. The van der Waals surface area contributed by atoms with Crippen molar-refractivity contribution >= 4 is 5.91 Å². The smallest absolute Gasteiger partial charge is 0.246 e. The first-order valence-corrected chi connectivity index (χ1v) is 7.51. The summed E-state index contributed by atoms with van der Waals surface area (Å²) in [7, 11) is 1.60. The molecule has 0 aromatic heterocycles. The molecule has 0 saturated carbocycles. The Bertz CT molecular complexity index is 641. The number of carbonyl (C=O) groups is 1. The first-order chi connectivity index (χ1) is 11.3. The molecule has 0 saturated heterocycles. The number of amides is 1. The number of methoxy groups -OCH3 is 1. The average Bonchev–Trinajstić information content (AvgIpc) is 2.58. The number of rotatable bonds is 6. The number of para-hydroxylation sites is 2. The van der Waals surface area contributed by atoms with E-state index in [9.17, 15) is 4.79 Å². The Morgan fingerprint density at radius 3 is 2.26 bits per heavy atom. The fourth-order valence-electron chi connectivity index (χ4n) is 2.58. The van der Waals surface area contributed by atoms with Crippen molar-refractivity contribution < 1.29 is 19.0 Å². The van der Waals surface area contributed by atoms with Crippen LogP contribution in [0.15, 0.2) is 48.5 Å². The van der Waals surface area contributed by atoms with Crippen LogP contribution in [-0.4, -0.2) is 32.8 Å². The normalized spacial score (nSPS) is 12.9. The van der Waals surface area contributed by atoms with Gasteiger partial charge < -0.3 is 19.5 Å². The van der Waals surface area contributed by atoms with E-state index in [-0.39, 0.29) is 18.6 Å². The van der Waals surface area contributed by atoms with Crippen LogP contribution >= 0.6 is 0 Å². The standard InChI is InChI=1S/C18H19NO4/c1-21-10-11-22-12-17(20)19-18-13-6-2-4-8-15(13)23-16-9-5-3-7-14(16)18/h2-9,18H,10-12H2,1H3,(H,19,20). The van der Waals surface area contributed by atoms with E-state index in [2.05, 4.69) is 5.32 Å². The number of hydrogen-bond acceptors (Lipinski definition) is 4. The number of fused-ring (bicyclic) bond motifs is 2. The Kier molecular flexibility index (Phi) is 4.90. The van der Waals surface area contributed by atoms with Crippen LogP contribution in [0, 0.1) is 0 Å². The Labute approximate surface area is 135 Å². The molecule has 2 aromatic rings. The van der Waals surface area contributed by atoms with Crippen LogP contribution in [0.25, 0.3) is 0 Å². The van der Waals surface area contributed by atoms with Gasteiger partial charge in [-0.25, -0.2) is 0 Å². The van der Waals surface area contributed by atoms with Gasteiger partial charge in [-0.3, -0.25) is 4.79 Å². The molecule has 0 unspecified atom stereocenters. The quantitative estimate of drug-likeness (QED) is 0.833. The van der Waals surface area contributed by atoms with Crippen molar-refractivity contribution in [3.8, 4) is 11.5 Å². The first kappa shape index (κ1) is 15.5. The highest BCUT2D eigenvalue weighted by Crippen LogP contribution is 2.42. The van der Waals surface area contributed by atoms with E-state index in [0.717, 1.165) is 22.6 Å². The molecule has 1 amide bonds. The van der Waals surface area contributed by atoms with E-state index >= 15 is 0 Å². The van der Waals surface area contributed by atoms with Crippen LogP contribution in [0.2, 0.25) is 0 Å². The second-order valence-electron chi connectivity index (χ2n) is 5.22. The second-order valence-corrected chi connectivity index (χ2v) is 5.22. The fourth-order valence-corrected chi connectivity index (χ4v) is 2.58. The minimum Gasteiger partial charge on any atom is -0.457 e. The predicted octanol–water partition coefficient (Wildman–Crippen LogP) is 2.66. The van der Waals surface area contributed by atoms with Crippen LogP contribution < -0.4 is 10.1 Å². The third kappa shape index (κ3) is 3.52. The molecule has 0 bridgehead atoms. The molecule has 5 heteroatoms. The van der Waals surface area contributed by atoms with E-state index < -0.39 is 0 Å². The van der Waals surface area contributed by atoms with E-state index in [1.165, 1.54) is 0 Å². The molecule has 0 spiro atoms. The number of ether oxygens (including phenoxy) is 3. The highest BCUT2D eigenvalue weighted by molar-refractivity contribution is 5.78. The van der Waals surface area contributed by atoms with E-state index in [1.54, 1.807) is 7.11 Å². The van der Waals surface area contributed by atoms with Crippen molar-refractivity contribution in [2.45, 2.75) is 6.04 Å². The molecule has 1 N–H and O–H groups in total. The van der Waals surface area contributed by atoms with Crippen LogP contribution in [0.5, 0.6) is 11.5 Å². The lowest BCUT2D eigenvalue weighted by molar-refractivity contribution is -0.126. The summed E-state index contributed by atoms with van der Waals surface area (Å²) < 4.78 is 16.1. The highest BCUT2D eigenvalue weighted by atomic mass is 16.5. The van der Waals surface area contributed by atoms with Crippen molar-refractivity contribution in [3.63, 3.8) is 0 Å². The summed E-state index contributed by atoms with van der Waals surface area (Å²) in [5, 5.41) is 3.02. The Balaban J connectivity index is 1.77. The molecule has 0 fully saturated rings. The minimum absolute atomic E-state index is 0.00501. The molecule has 23 heavy (non-hydrogen) atoms. The van der Waals surface area contributed by atoms with Gasteiger partial charge in [0, 0.05) is 18.2 Å². The average molecular weight is 313 g/mol. The summed E-state index contributed by atoms with van der Waals surface area (Å²) in [5.74, 6) is 1.35. The zero-order valence-corrected chi connectivity index (χ0v) is 13.0. The van der Waals surface area contributed by atoms with Gasteiger partial charge in [-0.1, -0.05) is 36.4 Å². The molecule has 0 radical (unpaired) electrons. The first-order valence-electron chi connectivity index (χ1n) is 7.51. The molecule has 1 heterocycles. The summed E-state index contributed by atoms with van der Waals surface area (Å²) in [6, 6.07) is 15.2. The van der Waals surface area contributed by atoms with Gasteiger partial charge >= 0.3 is 0 Å². The Morgan fingerprint density at radius 2 is 1.65 bits per heavy atom. The largest absolute Gasteiger partial charge is 0.457 e. The molecule has 1 aliphatic rings. The van der Waals surface area contributed by atoms with Crippen LogP contribution in [-0.2, 0) is 14.3 Å². The van der Waals surface area contributed by atoms with Gasteiger partial charge in [-0.2, -0.15) is 0 Å². The predicted molar refractivity (Wildman–Crippen MR) is 85.6 cm³/mol. The summed E-state index contributed by atoms with van der Waals surface area (Å²) in [5.41, 5.74) is 1.88. The van der Waals surface area contributed by atoms with Gasteiger partial charge in [-0.05, 0) is 12.1 Å². The molecule has 1 aliphatic heterocycles. The van der Waals surface area contributed by atoms with Gasteiger partial charge in [0.2, 0.25) is 5.91 Å². The SMILES string of the molecule is COCCOCC(=O)NC1c2ccccc2Oc2ccccc21. The monoisotopic (exact) mass is 313 g/mol. The van der Waals surface area contributed by atoms with Crippen LogP contribution in [0.3, 0.4) is 0 Å². The van der Waals surface area contributed by atoms with Gasteiger partial charge in [0.15, 0.2) is 0 Å². The van der Waals surface area contributed by atoms with Crippen LogP contribution in [0.1, 0.15) is 17.2 Å². The van der Waals surface area contributed by atoms with Crippen molar-refractivity contribution in [2.24, 2.45) is 0 Å². The van der Waals surface area contributed by atoms with Gasteiger partial charge in [0.25, 0.3) is 0 Å². The van der Waals surface area contributed by atoms with Gasteiger partial charge in [-0.15, -0.1) is 0 Å².